The maximum absolute atomic E-state index is 10.8. The Balaban J connectivity index is 1.90. The van der Waals surface area contributed by atoms with Gasteiger partial charge in [0.1, 0.15) is 5.82 Å². The molecule has 7 heteroatoms. The second-order valence-corrected chi connectivity index (χ2v) is 4.92. The summed E-state index contributed by atoms with van der Waals surface area (Å²) >= 11 is 0. The molecule has 0 aliphatic carbocycles. The van der Waals surface area contributed by atoms with E-state index in [0.29, 0.717) is 25.2 Å². The maximum atomic E-state index is 10.8. The normalized spacial score (nSPS) is 18.9. The monoisotopic (exact) mass is 289 g/mol. The average Bonchev–Trinajstić information content (AvgIpc) is 2.53. The van der Waals surface area contributed by atoms with E-state index in [1.807, 2.05) is 17.0 Å². The van der Waals surface area contributed by atoms with Crippen LogP contribution in [0.3, 0.4) is 0 Å². The van der Waals surface area contributed by atoms with E-state index in [1.54, 1.807) is 6.07 Å². The Morgan fingerprint density at radius 3 is 3.05 bits per heavy atom. The number of hydrogen-bond acceptors (Lipinski definition) is 6. The number of non-ortho nitro benzene ring substituents is 1. The van der Waals surface area contributed by atoms with E-state index in [-0.39, 0.29) is 18.4 Å². The van der Waals surface area contributed by atoms with E-state index >= 15 is 0 Å². The van der Waals surface area contributed by atoms with Crippen LogP contribution in [-0.2, 0) is 4.74 Å². The Kier molecular flexibility index (Phi) is 3.68. The molecule has 1 aromatic heterocycles. The number of aromatic nitrogens is 1. The summed E-state index contributed by atoms with van der Waals surface area (Å²) in [7, 11) is 0. The van der Waals surface area contributed by atoms with Gasteiger partial charge in [-0.1, -0.05) is 0 Å². The van der Waals surface area contributed by atoms with Gasteiger partial charge in [0.2, 0.25) is 0 Å². The van der Waals surface area contributed by atoms with Gasteiger partial charge in [-0.25, -0.2) is 4.98 Å². The van der Waals surface area contributed by atoms with E-state index in [0.717, 1.165) is 11.2 Å². The van der Waals surface area contributed by atoms with Gasteiger partial charge in [-0.05, 0) is 18.2 Å². The Morgan fingerprint density at radius 1 is 1.43 bits per heavy atom. The molecule has 1 atom stereocenters. The van der Waals surface area contributed by atoms with E-state index in [9.17, 15) is 15.2 Å². The van der Waals surface area contributed by atoms with E-state index in [2.05, 4.69) is 4.98 Å². The number of nitro groups is 1. The maximum Gasteiger partial charge on any atom is 0.270 e. The minimum absolute atomic E-state index is 0.0176. The van der Waals surface area contributed by atoms with Crippen molar-refractivity contribution >= 4 is 22.4 Å². The number of nitrogens with zero attached hydrogens (tertiary/aromatic N) is 3. The van der Waals surface area contributed by atoms with Gasteiger partial charge >= 0.3 is 0 Å². The highest BCUT2D eigenvalue weighted by atomic mass is 16.6. The highest BCUT2D eigenvalue weighted by Crippen LogP contribution is 2.23. The lowest BCUT2D eigenvalue weighted by molar-refractivity contribution is -0.384. The van der Waals surface area contributed by atoms with Crippen LogP contribution >= 0.6 is 0 Å². The van der Waals surface area contributed by atoms with Gasteiger partial charge in [0.25, 0.3) is 5.69 Å². The van der Waals surface area contributed by atoms with E-state index < -0.39 is 4.92 Å². The quantitative estimate of drug-likeness (QED) is 0.677. The largest absolute Gasteiger partial charge is 0.394 e. The van der Waals surface area contributed by atoms with Gasteiger partial charge < -0.3 is 14.7 Å². The van der Waals surface area contributed by atoms with Gasteiger partial charge in [-0.2, -0.15) is 0 Å². The van der Waals surface area contributed by atoms with E-state index in [4.69, 9.17) is 4.74 Å². The first-order chi connectivity index (χ1) is 10.2. The smallest absolute Gasteiger partial charge is 0.270 e. The molecule has 1 aromatic carbocycles. The molecular formula is C14H15N3O4. The molecule has 0 bridgehead atoms. The summed E-state index contributed by atoms with van der Waals surface area (Å²) in [6.07, 6.45) is -0.201. The zero-order chi connectivity index (χ0) is 14.8. The summed E-state index contributed by atoms with van der Waals surface area (Å²) in [5, 5.41) is 20.7. The number of anilines is 1. The first-order valence-corrected chi connectivity index (χ1v) is 6.70. The minimum Gasteiger partial charge on any atom is -0.394 e. The molecule has 1 unspecified atom stereocenters. The predicted octanol–water partition coefficient (Wildman–Crippen LogP) is 1.34. The molecule has 1 aliphatic heterocycles. The van der Waals surface area contributed by atoms with Crippen LogP contribution in [0.5, 0.6) is 0 Å². The first kappa shape index (κ1) is 13.7. The van der Waals surface area contributed by atoms with Crippen molar-refractivity contribution in [2.24, 2.45) is 0 Å². The highest BCUT2D eigenvalue weighted by molar-refractivity contribution is 5.82. The van der Waals surface area contributed by atoms with Crippen molar-refractivity contribution in [3.63, 3.8) is 0 Å². The zero-order valence-corrected chi connectivity index (χ0v) is 11.3. The lowest BCUT2D eigenvalue weighted by Crippen LogP contribution is -2.44. The number of aliphatic hydroxyl groups excluding tert-OH is 1. The molecular weight excluding hydrogens is 274 g/mol. The predicted molar refractivity (Wildman–Crippen MR) is 77.4 cm³/mol. The number of morpholine rings is 1. The lowest BCUT2D eigenvalue weighted by Gasteiger charge is -2.32. The standard InChI is InChI=1S/C14H15N3O4/c18-9-12-8-16(5-6-21-12)14-4-1-10-7-11(17(19)20)2-3-13(10)15-14/h1-4,7,12,18H,5-6,8-9H2. The summed E-state index contributed by atoms with van der Waals surface area (Å²) in [6, 6.07) is 8.29. The number of rotatable bonds is 3. The van der Waals surface area contributed by atoms with Gasteiger partial charge in [-0.3, -0.25) is 10.1 Å². The molecule has 0 saturated carbocycles. The Morgan fingerprint density at radius 2 is 2.29 bits per heavy atom. The fourth-order valence-electron chi connectivity index (χ4n) is 2.43. The number of pyridine rings is 1. The average molecular weight is 289 g/mol. The van der Waals surface area contributed by atoms with Crippen LogP contribution in [-0.4, -0.2) is 47.4 Å². The summed E-state index contributed by atoms with van der Waals surface area (Å²) in [5.41, 5.74) is 0.772. The zero-order valence-electron chi connectivity index (χ0n) is 11.3. The topological polar surface area (TPSA) is 88.7 Å². The van der Waals surface area contributed by atoms with Gasteiger partial charge in [0, 0.05) is 30.6 Å². The van der Waals surface area contributed by atoms with Crippen molar-refractivity contribution in [3.8, 4) is 0 Å². The molecule has 0 amide bonds. The van der Waals surface area contributed by atoms with Crippen molar-refractivity contribution < 1.29 is 14.8 Å². The molecule has 3 rings (SSSR count). The number of benzene rings is 1. The van der Waals surface area contributed by atoms with Crippen molar-refractivity contribution in [3.05, 3.63) is 40.4 Å². The number of hydrogen-bond donors (Lipinski definition) is 1. The van der Waals surface area contributed by atoms with Crippen LogP contribution in [0, 0.1) is 10.1 Å². The molecule has 110 valence electrons. The number of ether oxygens (including phenoxy) is 1. The molecule has 0 radical (unpaired) electrons. The van der Waals surface area contributed by atoms with Crippen LogP contribution in [0.4, 0.5) is 11.5 Å². The van der Waals surface area contributed by atoms with Gasteiger partial charge in [-0.15, -0.1) is 0 Å². The molecule has 2 heterocycles. The molecule has 1 fully saturated rings. The summed E-state index contributed by atoms with van der Waals surface area (Å²) in [5.74, 6) is 0.790. The third kappa shape index (κ3) is 2.79. The minimum atomic E-state index is -0.416. The second kappa shape index (κ2) is 5.63. The van der Waals surface area contributed by atoms with Gasteiger partial charge in [0.05, 0.1) is 29.8 Å². The third-order valence-electron chi connectivity index (χ3n) is 3.54. The Bertz CT molecular complexity index is 676. The van der Waals surface area contributed by atoms with Crippen LogP contribution in [0.1, 0.15) is 0 Å². The summed E-state index contributed by atoms with van der Waals surface area (Å²) < 4.78 is 5.41. The van der Waals surface area contributed by atoms with Crippen molar-refractivity contribution in [1.29, 1.82) is 0 Å². The van der Waals surface area contributed by atoms with Crippen molar-refractivity contribution in [2.45, 2.75) is 6.10 Å². The molecule has 21 heavy (non-hydrogen) atoms. The fourth-order valence-corrected chi connectivity index (χ4v) is 2.43. The van der Waals surface area contributed by atoms with Crippen LogP contribution in [0.25, 0.3) is 10.9 Å². The molecule has 1 N–H and O–H groups in total. The van der Waals surface area contributed by atoms with Crippen LogP contribution in [0.2, 0.25) is 0 Å². The van der Waals surface area contributed by atoms with Crippen molar-refractivity contribution in [1.82, 2.24) is 4.98 Å². The van der Waals surface area contributed by atoms with Crippen molar-refractivity contribution in [2.75, 3.05) is 31.2 Å². The second-order valence-electron chi connectivity index (χ2n) is 4.92. The summed E-state index contributed by atoms with van der Waals surface area (Å²) in [6.45, 7) is 1.82. The summed E-state index contributed by atoms with van der Waals surface area (Å²) in [4.78, 5) is 16.9. The number of fused-ring (bicyclic) bond motifs is 1. The van der Waals surface area contributed by atoms with E-state index in [1.165, 1.54) is 12.1 Å². The Labute approximate surface area is 120 Å². The Hall–Kier alpha value is -2.25. The SMILES string of the molecule is O=[N+]([O-])c1ccc2nc(N3CCOC(CO)C3)ccc2c1. The number of aliphatic hydroxyl groups is 1. The lowest BCUT2D eigenvalue weighted by atomic mass is 10.2. The molecule has 1 saturated heterocycles. The molecule has 0 spiro atoms. The molecule has 7 nitrogen and oxygen atoms in total. The fraction of sp³-hybridized carbons (Fsp3) is 0.357. The molecule has 1 aliphatic rings. The van der Waals surface area contributed by atoms with Crippen LogP contribution < -0.4 is 4.90 Å². The highest BCUT2D eigenvalue weighted by Gasteiger charge is 2.21. The number of nitro benzene ring substituents is 1. The first-order valence-electron chi connectivity index (χ1n) is 6.70. The molecule has 2 aromatic rings. The van der Waals surface area contributed by atoms with Crippen LogP contribution in [0.15, 0.2) is 30.3 Å². The van der Waals surface area contributed by atoms with Gasteiger partial charge in [0.15, 0.2) is 0 Å². The third-order valence-corrected chi connectivity index (χ3v) is 3.54.